The molecule has 1 fully saturated rings. The number of aliphatic hydroxyl groups is 1. The van der Waals surface area contributed by atoms with Gasteiger partial charge in [0.1, 0.15) is 0 Å². The molecule has 4 heteroatoms. The highest BCUT2D eigenvalue weighted by molar-refractivity contribution is 5.76. The van der Waals surface area contributed by atoms with Crippen LogP contribution in [0.4, 0.5) is 0 Å². The van der Waals surface area contributed by atoms with Crippen LogP contribution in [0.5, 0.6) is 0 Å². The lowest BCUT2D eigenvalue weighted by Crippen LogP contribution is -2.38. The van der Waals surface area contributed by atoms with E-state index in [0.717, 1.165) is 26.1 Å². The number of aliphatic hydroxyl groups excluding tert-OH is 1. The van der Waals surface area contributed by atoms with Crippen LogP contribution in [0.15, 0.2) is 0 Å². The van der Waals surface area contributed by atoms with Crippen molar-refractivity contribution in [2.75, 3.05) is 19.8 Å². The summed E-state index contributed by atoms with van der Waals surface area (Å²) >= 11 is 0. The molecule has 0 saturated carbocycles. The first-order valence-electron chi connectivity index (χ1n) is 6.61. The van der Waals surface area contributed by atoms with E-state index >= 15 is 0 Å². The van der Waals surface area contributed by atoms with Gasteiger partial charge in [-0.05, 0) is 38.0 Å². The van der Waals surface area contributed by atoms with Gasteiger partial charge in [0, 0.05) is 32.3 Å². The number of hydrogen-bond donors (Lipinski definition) is 2. The molecule has 2 N–H and O–H groups in total. The minimum Gasteiger partial charge on any atom is -0.396 e. The Labute approximate surface area is 104 Å². The van der Waals surface area contributed by atoms with Crippen LogP contribution in [0.1, 0.15) is 39.5 Å². The number of carbonyl (C=O) groups is 1. The zero-order valence-corrected chi connectivity index (χ0v) is 10.9. The van der Waals surface area contributed by atoms with Gasteiger partial charge in [0.05, 0.1) is 0 Å². The summed E-state index contributed by atoms with van der Waals surface area (Å²) in [6, 6.07) is 0.0371. The van der Waals surface area contributed by atoms with Gasteiger partial charge in [0.2, 0.25) is 5.91 Å². The van der Waals surface area contributed by atoms with Crippen molar-refractivity contribution in [3.63, 3.8) is 0 Å². The first-order valence-corrected chi connectivity index (χ1v) is 6.61. The highest BCUT2D eigenvalue weighted by atomic mass is 16.5. The molecule has 0 bridgehead atoms. The van der Waals surface area contributed by atoms with Gasteiger partial charge in [0.15, 0.2) is 0 Å². The summed E-state index contributed by atoms with van der Waals surface area (Å²) in [5.41, 5.74) is 0. The summed E-state index contributed by atoms with van der Waals surface area (Å²) in [5.74, 6) is 0.736. The molecule has 0 aromatic carbocycles. The number of carbonyl (C=O) groups excluding carboxylic acids is 1. The molecular formula is C13H25NO3. The Hall–Kier alpha value is -0.610. The summed E-state index contributed by atoms with van der Waals surface area (Å²) in [7, 11) is 0. The van der Waals surface area contributed by atoms with E-state index < -0.39 is 0 Å². The Kier molecular flexibility index (Phi) is 6.52. The second-order valence-electron chi connectivity index (χ2n) is 5.14. The van der Waals surface area contributed by atoms with Crippen LogP contribution in [0, 0.1) is 11.8 Å². The van der Waals surface area contributed by atoms with Crippen LogP contribution in [-0.2, 0) is 9.53 Å². The Morgan fingerprint density at radius 2 is 2.29 bits per heavy atom. The van der Waals surface area contributed by atoms with E-state index in [1.54, 1.807) is 0 Å². The van der Waals surface area contributed by atoms with E-state index in [1.807, 2.05) is 13.8 Å². The molecular weight excluding hydrogens is 218 g/mol. The molecule has 0 aliphatic carbocycles. The molecule has 1 aliphatic heterocycles. The zero-order chi connectivity index (χ0) is 12.7. The number of amides is 1. The third-order valence-electron chi connectivity index (χ3n) is 3.56. The lowest BCUT2D eigenvalue weighted by Gasteiger charge is -2.23. The van der Waals surface area contributed by atoms with Crippen molar-refractivity contribution in [1.82, 2.24) is 5.32 Å². The lowest BCUT2D eigenvalue weighted by atomic mass is 9.96. The van der Waals surface area contributed by atoms with E-state index in [2.05, 4.69) is 5.32 Å². The minimum atomic E-state index is 0.0371. The summed E-state index contributed by atoms with van der Waals surface area (Å²) in [6.07, 6.45) is 3.77. The van der Waals surface area contributed by atoms with Crippen LogP contribution in [0.25, 0.3) is 0 Å². The molecule has 0 aromatic heterocycles. The van der Waals surface area contributed by atoms with Crippen LogP contribution in [-0.4, -0.2) is 36.9 Å². The van der Waals surface area contributed by atoms with Crippen molar-refractivity contribution in [2.24, 2.45) is 11.8 Å². The topological polar surface area (TPSA) is 58.6 Å². The molecule has 1 rings (SSSR count). The highest BCUT2D eigenvalue weighted by Crippen LogP contribution is 2.18. The van der Waals surface area contributed by atoms with Crippen LogP contribution in [0.2, 0.25) is 0 Å². The number of ether oxygens (including phenoxy) is 1. The number of rotatable bonds is 6. The molecule has 0 aromatic rings. The summed E-state index contributed by atoms with van der Waals surface area (Å²) < 4.78 is 5.39. The van der Waals surface area contributed by atoms with Gasteiger partial charge in [-0.25, -0.2) is 0 Å². The maximum atomic E-state index is 11.7. The Morgan fingerprint density at radius 1 is 1.53 bits per heavy atom. The summed E-state index contributed by atoms with van der Waals surface area (Å²) in [6.45, 7) is 5.64. The standard InChI is InChI=1S/C13H25NO3/c1-10(8-15)11(2)14-13(16)6-5-12-4-3-7-17-9-12/h10-12,15H,3-9H2,1-2H3,(H,14,16). The quantitative estimate of drug-likeness (QED) is 0.740. The third-order valence-corrected chi connectivity index (χ3v) is 3.56. The van der Waals surface area contributed by atoms with Crippen molar-refractivity contribution in [3.8, 4) is 0 Å². The van der Waals surface area contributed by atoms with E-state index in [-0.39, 0.29) is 24.5 Å². The van der Waals surface area contributed by atoms with Crippen LogP contribution >= 0.6 is 0 Å². The Balaban J connectivity index is 2.15. The van der Waals surface area contributed by atoms with Gasteiger partial charge in [-0.2, -0.15) is 0 Å². The molecule has 100 valence electrons. The molecule has 3 atom stereocenters. The Morgan fingerprint density at radius 3 is 2.88 bits per heavy atom. The molecule has 3 unspecified atom stereocenters. The van der Waals surface area contributed by atoms with Crippen LogP contribution < -0.4 is 5.32 Å². The second-order valence-corrected chi connectivity index (χ2v) is 5.14. The predicted molar refractivity (Wildman–Crippen MR) is 66.6 cm³/mol. The van der Waals surface area contributed by atoms with Crippen molar-refractivity contribution in [1.29, 1.82) is 0 Å². The van der Waals surface area contributed by atoms with Gasteiger partial charge < -0.3 is 15.2 Å². The third kappa shape index (κ3) is 5.50. The van der Waals surface area contributed by atoms with Crippen molar-refractivity contribution < 1.29 is 14.6 Å². The van der Waals surface area contributed by atoms with E-state index in [4.69, 9.17) is 9.84 Å². The van der Waals surface area contributed by atoms with E-state index in [0.29, 0.717) is 12.3 Å². The zero-order valence-electron chi connectivity index (χ0n) is 10.9. The van der Waals surface area contributed by atoms with Crippen LogP contribution in [0.3, 0.4) is 0 Å². The van der Waals surface area contributed by atoms with Gasteiger partial charge >= 0.3 is 0 Å². The van der Waals surface area contributed by atoms with Gasteiger partial charge in [-0.15, -0.1) is 0 Å². The first-order chi connectivity index (χ1) is 8.13. The molecule has 0 radical (unpaired) electrons. The second kappa shape index (κ2) is 7.67. The fourth-order valence-electron chi connectivity index (χ4n) is 2.00. The molecule has 4 nitrogen and oxygen atoms in total. The average Bonchev–Trinajstić information content (AvgIpc) is 2.36. The molecule has 1 heterocycles. The van der Waals surface area contributed by atoms with Crippen molar-refractivity contribution in [2.45, 2.75) is 45.6 Å². The smallest absolute Gasteiger partial charge is 0.220 e. The first kappa shape index (κ1) is 14.5. The van der Waals surface area contributed by atoms with Gasteiger partial charge in [0.25, 0.3) is 0 Å². The Bertz CT molecular complexity index is 227. The molecule has 17 heavy (non-hydrogen) atoms. The van der Waals surface area contributed by atoms with Crippen molar-refractivity contribution >= 4 is 5.91 Å². The largest absolute Gasteiger partial charge is 0.396 e. The SMILES string of the molecule is CC(CO)C(C)NC(=O)CCC1CCCOC1. The highest BCUT2D eigenvalue weighted by Gasteiger charge is 2.17. The fourth-order valence-corrected chi connectivity index (χ4v) is 2.00. The van der Waals surface area contributed by atoms with Gasteiger partial charge in [-0.3, -0.25) is 4.79 Å². The normalized spacial score (nSPS) is 24.1. The summed E-state index contributed by atoms with van der Waals surface area (Å²) in [4.78, 5) is 11.7. The maximum absolute atomic E-state index is 11.7. The minimum absolute atomic E-state index is 0.0371. The van der Waals surface area contributed by atoms with E-state index in [9.17, 15) is 4.79 Å². The predicted octanol–water partition coefficient (Wildman–Crippen LogP) is 1.33. The molecule has 1 amide bonds. The maximum Gasteiger partial charge on any atom is 0.220 e. The molecule has 0 spiro atoms. The average molecular weight is 243 g/mol. The molecule has 1 saturated heterocycles. The monoisotopic (exact) mass is 243 g/mol. The van der Waals surface area contributed by atoms with E-state index in [1.165, 1.54) is 6.42 Å². The lowest BCUT2D eigenvalue weighted by molar-refractivity contribution is -0.122. The molecule has 1 aliphatic rings. The fraction of sp³-hybridized carbons (Fsp3) is 0.923. The number of hydrogen-bond acceptors (Lipinski definition) is 3. The van der Waals surface area contributed by atoms with Gasteiger partial charge in [-0.1, -0.05) is 6.92 Å². The number of nitrogens with one attached hydrogen (secondary N) is 1. The van der Waals surface area contributed by atoms with Crippen molar-refractivity contribution in [3.05, 3.63) is 0 Å². The summed E-state index contributed by atoms with van der Waals surface area (Å²) in [5, 5.41) is 11.9.